The Labute approximate surface area is 150 Å². The first-order valence-corrected chi connectivity index (χ1v) is 10.2. The SMILES string of the molecule is O=S(=O)(OC(F)(F)CF)C(S(=O)(=O)OC(F)(F)CF)S(=O)(=O)OC(F)(F)CF. The highest BCUT2D eigenvalue weighted by atomic mass is 32.3. The van der Waals surface area contributed by atoms with Crippen molar-refractivity contribution in [3.8, 4) is 0 Å². The van der Waals surface area contributed by atoms with Gasteiger partial charge in [0.25, 0.3) is 0 Å². The Morgan fingerprint density at radius 3 is 0.857 bits per heavy atom. The summed E-state index contributed by atoms with van der Waals surface area (Å²) in [6.07, 6.45) is -16.6. The molecule has 0 saturated carbocycles. The predicted molar refractivity (Wildman–Crippen MR) is 66.6 cm³/mol. The molecule has 0 bridgehead atoms. The van der Waals surface area contributed by atoms with E-state index in [2.05, 4.69) is 12.5 Å². The molecule has 0 rings (SSSR count). The van der Waals surface area contributed by atoms with Gasteiger partial charge in [0.2, 0.25) is 0 Å². The summed E-state index contributed by atoms with van der Waals surface area (Å²) in [5, 5.41) is 0. The first kappa shape index (κ1) is 27.1. The summed E-state index contributed by atoms with van der Waals surface area (Å²) >= 11 is 0. The second kappa shape index (κ2) is 8.45. The Kier molecular flexibility index (Phi) is 8.18. The smallest absolute Gasteiger partial charge is 0.241 e. The fourth-order valence-electron chi connectivity index (χ4n) is 1.13. The molecule has 0 spiro atoms. The number of halogens is 9. The number of alkyl halides is 9. The third-order valence-electron chi connectivity index (χ3n) is 1.89. The molecule has 0 saturated heterocycles. The van der Waals surface area contributed by atoms with Gasteiger partial charge in [-0.1, -0.05) is 0 Å². The Hall–Kier alpha value is -0.900. The van der Waals surface area contributed by atoms with Crippen LogP contribution in [0.1, 0.15) is 0 Å². The molecule has 0 aliphatic heterocycles. The predicted octanol–water partition coefficient (Wildman–Crippen LogP) is 0.996. The summed E-state index contributed by atoms with van der Waals surface area (Å²) in [6.45, 7) is -9.20. The first-order valence-electron chi connectivity index (χ1n) is 5.82. The molecule has 0 aromatic heterocycles. The lowest BCUT2D eigenvalue weighted by Gasteiger charge is -2.22. The van der Waals surface area contributed by atoms with Gasteiger partial charge < -0.3 is 0 Å². The summed E-state index contributed by atoms with van der Waals surface area (Å²) < 4.78 is 184. The van der Waals surface area contributed by atoms with Crippen LogP contribution in [0.25, 0.3) is 0 Å². The van der Waals surface area contributed by atoms with Gasteiger partial charge in [-0.05, 0) is 0 Å². The van der Waals surface area contributed by atoms with E-state index in [1.54, 1.807) is 0 Å². The Morgan fingerprint density at radius 2 is 0.714 bits per heavy atom. The van der Waals surface area contributed by atoms with E-state index in [-0.39, 0.29) is 0 Å². The summed E-state index contributed by atoms with van der Waals surface area (Å²) in [6, 6.07) is 0. The van der Waals surface area contributed by atoms with E-state index in [0.717, 1.165) is 0 Å². The molecule has 0 amide bonds. The molecular formula is C7H7F9O9S3. The van der Waals surface area contributed by atoms with Crippen molar-refractivity contribution in [3.05, 3.63) is 0 Å². The molecule has 0 radical (unpaired) electrons. The molecule has 0 aliphatic carbocycles. The molecule has 9 nitrogen and oxygen atoms in total. The second-order valence-electron chi connectivity index (χ2n) is 4.33. The highest BCUT2D eigenvalue weighted by Gasteiger charge is 2.60. The highest BCUT2D eigenvalue weighted by Crippen LogP contribution is 2.33. The van der Waals surface area contributed by atoms with Crippen LogP contribution in [0, 0.1) is 0 Å². The molecule has 28 heavy (non-hydrogen) atoms. The molecular weight excluding hydrogens is 495 g/mol. The van der Waals surface area contributed by atoms with Crippen molar-refractivity contribution in [3.63, 3.8) is 0 Å². The summed E-state index contributed by atoms with van der Waals surface area (Å²) in [5.74, 6) is 0. The van der Waals surface area contributed by atoms with Crippen LogP contribution in [0.15, 0.2) is 0 Å². The lowest BCUT2D eigenvalue weighted by atomic mass is 10.7. The zero-order valence-corrected chi connectivity index (χ0v) is 14.9. The van der Waals surface area contributed by atoms with Crippen molar-refractivity contribution in [1.82, 2.24) is 0 Å². The van der Waals surface area contributed by atoms with Crippen molar-refractivity contribution in [2.75, 3.05) is 20.0 Å². The van der Waals surface area contributed by atoms with Crippen molar-refractivity contribution in [1.29, 1.82) is 0 Å². The summed E-state index contributed by atoms with van der Waals surface area (Å²) in [7, 11) is -21.3. The van der Waals surface area contributed by atoms with Gasteiger partial charge in [-0.25, -0.2) is 13.2 Å². The standard InChI is InChI=1S/C7H7F9O9S3/c8-1-5(11,12)23-26(17,18)4(27(19,20)24-6(13,14)2-9)28(21,22)25-7(15,16)3-10/h4H,1-3H2. The van der Waals surface area contributed by atoms with Crippen LogP contribution in [0.5, 0.6) is 0 Å². The molecule has 0 unspecified atom stereocenters. The molecule has 0 aliphatic rings. The Balaban J connectivity index is 6.59. The van der Waals surface area contributed by atoms with Gasteiger partial charge in [0.15, 0.2) is 20.0 Å². The van der Waals surface area contributed by atoms with Crippen LogP contribution >= 0.6 is 0 Å². The molecule has 0 N–H and O–H groups in total. The minimum absolute atomic E-state index is 2.57. The van der Waals surface area contributed by atoms with E-state index in [0.29, 0.717) is 0 Å². The molecule has 170 valence electrons. The fraction of sp³-hybridized carbons (Fsp3) is 1.00. The lowest BCUT2D eigenvalue weighted by molar-refractivity contribution is -0.185. The zero-order valence-electron chi connectivity index (χ0n) is 12.5. The van der Waals surface area contributed by atoms with Crippen molar-refractivity contribution in [2.24, 2.45) is 0 Å². The van der Waals surface area contributed by atoms with Gasteiger partial charge in [-0.2, -0.15) is 64.1 Å². The quantitative estimate of drug-likeness (QED) is 0.283. The van der Waals surface area contributed by atoms with Gasteiger partial charge in [0, 0.05) is 0 Å². The molecule has 0 atom stereocenters. The Bertz CT molecular complexity index is 737. The lowest BCUT2D eigenvalue weighted by Crippen LogP contribution is -2.47. The maximum Gasteiger partial charge on any atom is 0.397 e. The van der Waals surface area contributed by atoms with Crippen molar-refractivity contribution >= 4 is 30.4 Å². The number of hydrogen-bond donors (Lipinski definition) is 0. The fourth-order valence-corrected chi connectivity index (χ4v) is 6.69. The van der Waals surface area contributed by atoms with Crippen molar-refractivity contribution < 1.29 is 77.3 Å². The Morgan fingerprint density at radius 1 is 0.536 bits per heavy atom. The van der Waals surface area contributed by atoms with Crippen LogP contribution in [-0.2, 0) is 42.9 Å². The number of rotatable bonds is 12. The molecule has 21 heteroatoms. The van der Waals surface area contributed by atoms with E-state index in [1.165, 1.54) is 0 Å². The summed E-state index contributed by atoms with van der Waals surface area (Å²) in [5.41, 5.74) is 0. The third-order valence-corrected chi connectivity index (χ3v) is 8.97. The second-order valence-corrected chi connectivity index (χ2v) is 10.1. The normalized spacial score (nSPS) is 15.2. The molecule has 0 heterocycles. The van der Waals surface area contributed by atoms with E-state index >= 15 is 0 Å². The van der Waals surface area contributed by atoms with Gasteiger partial charge >= 0.3 is 52.6 Å². The van der Waals surface area contributed by atoms with Gasteiger partial charge in [0.05, 0.1) is 0 Å². The van der Waals surface area contributed by atoms with Gasteiger partial charge in [-0.3, -0.25) is 0 Å². The minimum Gasteiger partial charge on any atom is -0.241 e. The van der Waals surface area contributed by atoms with E-state index < -0.39 is 72.6 Å². The van der Waals surface area contributed by atoms with Crippen LogP contribution in [-0.4, -0.2) is 67.5 Å². The van der Waals surface area contributed by atoms with Gasteiger partial charge in [0.1, 0.15) is 0 Å². The number of hydrogen-bond acceptors (Lipinski definition) is 9. The zero-order chi connectivity index (χ0) is 22.8. The summed E-state index contributed by atoms with van der Waals surface area (Å²) in [4.78, 5) is 0. The van der Waals surface area contributed by atoms with Crippen LogP contribution in [0.4, 0.5) is 39.5 Å². The van der Waals surface area contributed by atoms with E-state index in [9.17, 15) is 64.8 Å². The molecule has 0 aromatic rings. The van der Waals surface area contributed by atoms with E-state index in [1.807, 2.05) is 0 Å². The van der Waals surface area contributed by atoms with Crippen LogP contribution in [0.3, 0.4) is 0 Å². The van der Waals surface area contributed by atoms with Crippen LogP contribution in [0.2, 0.25) is 0 Å². The highest BCUT2D eigenvalue weighted by molar-refractivity contribution is 8.20. The maximum absolute atomic E-state index is 12.7. The average Bonchev–Trinajstić information content (AvgIpc) is 2.42. The largest absolute Gasteiger partial charge is 0.397 e. The molecule has 0 aromatic carbocycles. The maximum atomic E-state index is 12.7. The molecule has 0 fully saturated rings. The van der Waals surface area contributed by atoms with E-state index in [4.69, 9.17) is 0 Å². The van der Waals surface area contributed by atoms with Crippen molar-refractivity contribution in [2.45, 2.75) is 22.2 Å². The average molecular weight is 502 g/mol. The van der Waals surface area contributed by atoms with Crippen LogP contribution < -0.4 is 0 Å². The monoisotopic (exact) mass is 502 g/mol. The topological polar surface area (TPSA) is 130 Å². The minimum atomic E-state index is -7.10. The van der Waals surface area contributed by atoms with Gasteiger partial charge in [-0.15, -0.1) is 0 Å². The first-order chi connectivity index (χ1) is 12.2. The third kappa shape index (κ3) is 7.50.